The van der Waals surface area contributed by atoms with E-state index in [1.165, 1.54) is 17.0 Å². The zero-order valence-corrected chi connectivity index (χ0v) is 11.6. The van der Waals surface area contributed by atoms with Crippen molar-refractivity contribution in [3.05, 3.63) is 22.5 Å². The van der Waals surface area contributed by atoms with E-state index in [2.05, 4.69) is 10.3 Å². The van der Waals surface area contributed by atoms with Crippen molar-refractivity contribution in [2.75, 3.05) is 6.54 Å². The van der Waals surface area contributed by atoms with E-state index in [-0.39, 0.29) is 19.0 Å². The fourth-order valence-corrected chi connectivity index (χ4v) is 1.42. The molecule has 112 valence electrons. The van der Waals surface area contributed by atoms with Crippen molar-refractivity contribution < 1.29 is 19.6 Å². The minimum absolute atomic E-state index is 0.0495. The maximum atomic E-state index is 11.4. The molecule has 9 nitrogen and oxygen atoms in total. The largest absolute Gasteiger partial charge is 0.444 e. The topological polar surface area (TPSA) is 120 Å². The molecule has 1 aromatic rings. The van der Waals surface area contributed by atoms with Gasteiger partial charge < -0.3 is 25.3 Å². The number of hydrogen-bond donors (Lipinski definition) is 2. The number of aromatic nitrogens is 2. The average Bonchev–Trinajstić information content (AvgIpc) is 2.72. The summed E-state index contributed by atoms with van der Waals surface area (Å²) in [7, 11) is 0. The normalized spacial score (nSPS) is 12.8. The Morgan fingerprint density at radius 1 is 1.65 bits per heavy atom. The number of amides is 1. The van der Waals surface area contributed by atoms with Gasteiger partial charge in [-0.25, -0.2) is 9.36 Å². The summed E-state index contributed by atoms with van der Waals surface area (Å²) in [6, 6.07) is 0. The molecule has 1 aromatic heterocycles. The van der Waals surface area contributed by atoms with E-state index in [9.17, 15) is 20.0 Å². The molecular weight excluding hydrogens is 268 g/mol. The molecule has 0 unspecified atom stereocenters. The van der Waals surface area contributed by atoms with E-state index in [1.807, 2.05) is 0 Å². The number of carbonyl (C=O) groups excluding carboxylic acids is 1. The van der Waals surface area contributed by atoms with Gasteiger partial charge in [-0.3, -0.25) is 0 Å². The molecule has 1 heterocycles. The van der Waals surface area contributed by atoms with E-state index in [0.29, 0.717) is 0 Å². The van der Waals surface area contributed by atoms with Crippen molar-refractivity contribution in [3.63, 3.8) is 0 Å². The van der Waals surface area contributed by atoms with E-state index in [1.54, 1.807) is 20.8 Å². The summed E-state index contributed by atoms with van der Waals surface area (Å²) >= 11 is 0. The summed E-state index contributed by atoms with van der Waals surface area (Å²) in [5.41, 5.74) is -0.627. The van der Waals surface area contributed by atoms with Gasteiger partial charge in [0.05, 0.1) is 6.54 Å². The quantitative estimate of drug-likeness (QED) is 0.606. The molecule has 1 rings (SSSR count). The fraction of sp³-hybridized carbons (Fsp3) is 0.636. The van der Waals surface area contributed by atoms with Gasteiger partial charge in [0, 0.05) is 6.54 Å². The molecule has 0 aliphatic carbocycles. The SMILES string of the molecule is CC(C)(C)OC(=O)NC[C@H](O)Cn1ccnc1[N+](=O)[O-]. The van der Waals surface area contributed by atoms with Gasteiger partial charge in [0.25, 0.3) is 0 Å². The van der Waals surface area contributed by atoms with Crippen LogP contribution in [0.5, 0.6) is 0 Å². The van der Waals surface area contributed by atoms with Crippen LogP contribution in [0.3, 0.4) is 0 Å². The summed E-state index contributed by atoms with van der Waals surface area (Å²) in [6.07, 6.45) is 1.01. The van der Waals surface area contributed by atoms with Gasteiger partial charge in [0.1, 0.15) is 24.1 Å². The number of nitro groups is 1. The van der Waals surface area contributed by atoms with Crippen molar-refractivity contribution in [1.82, 2.24) is 14.9 Å². The van der Waals surface area contributed by atoms with E-state index < -0.39 is 22.7 Å². The Labute approximate surface area is 115 Å². The number of nitrogens with zero attached hydrogens (tertiary/aromatic N) is 3. The molecular formula is C11H18N4O5. The fourth-order valence-electron chi connectivity index (χ4n) is 1.42. The van der Waals surface area contributed by atoms with Crippen LogP contribution in [-0.4, -0.2) is 43.9 Å². The first-order valence-corrected chi connectivity index (χ1v) is 5.99. The first-order chi connectivity index (χ1) is 9.19. The second kappa shape index (κ2) is 6.33. The van der Waals surface area contributed by atoms with Gasteiger partial charge in [-0.1, -0.05) is 4.98 Å². The Bertz CT molecular complexity index is 479. The number of aliphatic hydroxyl groups is 1. The predicted molar refractivity (Wildman–Crippen MR) is 69.1 cm³/mol. The standard InChI is InChI=1S/C11H18N4O5/c1-11(2,3)20-10(17)13-6-8(16)7-14-5-4-12-9(14)15(18)19/h4-5,8,16H,6-7H2,1-3H3,(H,13,17)/t8-/m0/s1. The lowest BCUT2D eigenvalue weighted by atomic mass is 10.2. The molecule has 1 amide bonds. The third-order valence-corrected chi connectivity index (χ3v) is 2.15. The van der Waals surface area contributed by atoms with Gasteiger partial charge >= 0.3 is 12.0 Å². The Hall–Kier alpha value is -2.16. The summed E-state index contributed by atoms with van der Waals surface area (Å²) < 4.78 is 6.19. The monoisotopic (exact) mass is 286 g/mol. The van der Waals surface area contributed by atoms with Crippen molar-refractivity contribution in [2.45, 2.75) is 39.0 Å². The zero-order chi connectivity index (χ0) is 15.3. The van der Waals surface area contributed by atoms with E-state index in [4.69, 9.17) is 4.74 Å². The Kier molecular flexibility index (Phi) is 5.03. The smallest absolute Gasteiger partial charge is 0.434 e. The van der Waals surface area contributed by atoms with Crippen LogP contribution in [-0.2, 0) is 11.3 Å². The summed E-state index contributed by atoms with van der Waals surface area (Å²) in [4.78, 5) is 24.9. The summed E-state index contributed by atoms with van der Waals surface area (Å²) in [6.45, 7) is 5.03. The molecule has 0 bridgehead atoms. The maximum absolute atomic E-state index is 11.4. The second-order valence-corrected chi connectivity index (χ2v) is 5.17. The highest BCUT2D eigenvalue weighted by Crippen LogP contribution is 2.08. The zero-order valence-electron chi connectivity index (χ0n) is 11.6. The Balaban J connectivity index is 2.44. The molecule has 20 heavy (non-hydrogen) atoms. The molecule has 0 spiro atoms. The highest BCUT2D eigenvalue weighted by molar-refractivity contribution is 5.67. The van der Waals surface area contributed by atoms with Crippen LogP contribution in [0.15, 0.2) is 12.4 Å². The molecule has 0 aromatic carbocycles. The first kappa shape index (κ1) is 15.9. The second-order valence-electron chi connectivity index (χ2n) is 5.17. The summed E-state index contributed by atoms with van der Waals surface area (Å²) in [5, 5.41) is 22.8. The number of hydrogen-bond acceptors (Lipinski definition) is 6. The van der Waals surface area contributed by atoms with Crippen LogP contribution in [0, 0.1) is 10.1 Å². The molecule has 0 saturated heterocycles. The number of carbonyl (C=O) groups is 1. The lowest BCUT2D eigenvalue weighted by Crippen LogP contribution is -2.38. The molecule has 0 fully saturated rings. The highest BCUT2D eigenvalue weighted by Gasteiger charge is 2.20. The molecule has 0 aliphatic heterocycles. The Morgan fingerprint density at radius 2 is 2.30 bits per heavy atom. The van der Waals surface area contributed by atoms with Gasteiger partial charge in [-0.2, -0.15) is 0 Å². The predicted octanol–water partition coefficient (Wildman–Crippen LogP) is 0.677. The Morgan fingerprint density at radius 3 is 2.85 bits per heavy atom. The van der Waals surface area contributed by atoms with Crippen LogP contribution in [0.25, 0.3) is 0 Å². The van der Waals surface area contributed by atoms with Gasteiger partial charge in [-0.05, 0) is 25.7 Å². The van der Waals surface area contributed by atoms with Crippen molar-refractivity contribution in [3.8, 4) is 0 Å². The van der Waals surface area contributed by atoms with Crippen LogP contribution in [0.4, 0.5) is 10.7 Å². The first-order valence-electron chi connectivity index (χ1n) is 5.99. The molecule has 0 radical (unpaired) electrons. The molecule has 0 aliphatic rings. The van der Waals surface area contributed by atoms with Crippen LogP contribution in [0.2, 0.25) is 0 Å². The third kappa shape index (κ3) is 5.22. The minimum atomic E-state index is -0.990. The van der Waals surface area contributed by atoms with Gasteiger partial charge in [0.15, 0.2) is 0 Å². The lowest BCUT2D eigenvalue weighted by molar-refractivity contribution is -0.397. The van der Waals surface area contributed by atoms with E-state index >= 15 is 0 Å². The average molecular weight is 286 g/mol. The maximum Gasteiger partial charge on any atom is 0.434 e. The molecule has 9 heteroatoms. The van der Waals surface area contributed by atoms with Crippen LogP contribution in [0.1, 0.15) is 20.8 Å². The highest BCUT2D eigenvalue weighted by atomic mass is 16.6. The number of ether oxygens (including phenoxy) is 1. The number of imidazole rings is 1. The minimum Gasteiger partial charge on any atom is -0.444 e. The van der Waals surface area contributed by atoms with Gasteiger partial charge in [0.2, 0.25) is 0 Å². The lowest BCUT2D eigenvalue weighted by Gasteiger charge is -2.20. The number of alkyl carbamates (subject to hydrolysis) is 1. The number of rotatable bonds is 5. The van der Waals surface area contributed by atoms with E-state index in [0.717, 1.165) is 0 Å². The number of aliphatic hydroxyl groups excluding tert-OH is 1. The van der Waals surface area contributed by atoms with Crippen molar-refractivity contribution in [2.24, 2.45) is 0 Å². The van der Waals surface area contributed by atoms with Gasteiger partial charge in [-0.15, -0.1) is 0 Å². The molecule has 0 saturated carbocycles. The molecule has 2 N–H and O–H groups in total. The van der Waals surface area contributed by atoms with Crippen molar-refractivity contribution >= 4 is 12.0 Å². The third-order valence-electron chi connectivity index (χ3n) is 2.15. The molecule has 1 atom stereocenters. The number of nitrogens with one attached hydrogen (secondary N) is 1. The van der Waals surface area contributed by atoms with Crippen molar-refractivity contribution in [1.29, 1.82) is 0 Å². The van der Waals surface area contributed by atoms with Crippen LogP contribution >= 0.6 is 0 Å². The van der Waals surface area contributed by atoms with Crippen LogP contribution < -0.4 is 5.32 Å². The summed E-state index contributed by atoms with van der Waals surface area (Å²) in [5.74, 6) is -0.360.